The molecule has 2 aliphatic rings. The summed E-state index contributed by atoms with van der Waals surface area (Å²) in [5, 5.41) is 0.875. The van der Waals surface area contributed by atoms with Crippen molar-refractivity contribution in [1.29, 1.82) is 0 Å². The summed E-state index contributed by atoms with van der Waals surface area (Å²) in [6.45, 7) is 4.78. The molecule has 0 radical (unpaired) electrons. The molecule has 2 saturated heterocycles. The molecule has 7 nitrogen and oxygen atoms in total. The van der Waals surface area contributed by atoms with Crippen molar-refractivity contribution in [2.45, 2.75) is 61.1 Å². The van der Waals surface area contributed by atoms with Gasteiger partial charge in [-0.25, -0.2) is 13.4 Å². The van der Waals surface area contributed by atoms with Crippen molar-refractivity contribution < 1.29 is 17.9 Å². The molecule has 188 valence electrons. The zero-order valence-corrected chi connectivity index (χ0v) is 22.0. The molecule has 2 aromatic carbocycles. The maximum absolute atomic E-state index is 13.4. The molecule has 2 aliphatic heterocycles. The van der Waals surface area contributed by atoms with E-state index in [4.69, 9.17) is 14.5 Å². The molecule has 0 bridgehead atoms. The van der Waals surface area contributed by atoms with E-state index >= 15 is 0 Å². The van der Waals surface area contributed by atoms with Gasteiger partial charge < -0.3 is 14.0 Å². The van der Waals surface area contributed by atoms with Crippen LogP contribution in [0.4, 0.5) is 0 Å². The molecule has 3 heterocycles. The Hall–Kier alpha value is -2.07. The van der Waals surface area contributed by atoms with E-state index < -0.39 is 10.0 Å². The molecule has 2 atom stereocenters. The zero-order chi connectivity index (χ0) is 24.4. The van der Waals surface area contributed by atoms with E-state index in [0.717, 1.165) is 60.0 Å². The van der Waals surface area contributed by atoms with E-state index in [9.17, 15) is 8.42 Å². The highest BCUT2D eigenvalue weighted by atomic mass is 32.2. The molecule has 35 heavy (non-hydrogen) atoms. The highest BCUT2D eigenvalue weighted by molar-refractivity contribution is 7.98. The summed E-state index contributed by atoms with van der Waals surface area (Å²) in [5.74, 6) is 1.95. The van der Waals surface area contributed by atoms with Crippen LogP contribution in [0.5, 0.6) is 5.75 Å². The lowest BCUT2D eigenvalue weighted by Crippen LogP contribution is -2.39. The largest absolute Gasteiger partial charge is 0.497 e. The Kier molecular flexibility index (Phi) is 7.39. The van der Waals surface area contributed by atoms with Crippen LogP contribution in [0, 0.1) is 5.92 Å². The molecule has 0 saturated carbocycles. The number of hydrogen-bond donors (Lipinski definition) is 0. The van der Waals surface area contributed by atoms with Gasteiger partial charge in [-0.05, 0) is 67.5 Å². The molecular weight excluding hydrogens is 482 g/mol. The van der Waals surface area contributed by atoms with Crippen molar-refractivity contribution >= 4 is 32.8 Å². The number of benzene rings is 2. The third kappa shape index (κ3) is 5.38. The Balaban J connectivity index is 1.46. The Morgan fingerprint density at radius 1 is 1.17 bits per heavy atom. The molecule has 2 fully saturated rings. The van der Waals surface area contributed by atoms with E-state index in [2.05, 4.69) is 17.6 Å². The van der Waals surface area contributed by atoms with Crippen molar-refractivity contribution in [3.05, 3.63) is 48.0 Å². The summed E-state index contributed by atoms with van der Waals surface area (Å²) in [4.78, 5) is 5.23. The van der Waals surface area contributed by atoms with Gasteiger partial charge in [0.15, 0.2) is 5.16 Å². The van der Waals surface area contributed by atoms with Gasteiger partial charge in [-0.3, -0.25) is 0 Å². The number of thioether (sulfide) groups is 1. The number of methoxy groups -OCH3 is 1. The minimum absolute atomic E-state index is 0.154. The number of sulfonamides is 1. The standard InChI is InChI=1S/C26H33N3O4S2/c1-19-6-4-12-28(16-19)35(30,31)23-10-11-25-24(15-23)27-26(29(25)17-22-9-5-13-33-22)34-18-20-7-3-8-21(14-20)32-2/h3,7-8,10-11,14-15,19,22H,4-6,9,12-13,16-18H2,1-2H3/t19-,22+/m1/s1. The van der Waals surface area contributed by atoms with Crippen LogP contribution < -0.4 is 4.74 Å². The quantitative estimate of drug-likeness (QED) is 0.396. The highest BCUT2D eigenvalue weighted by Gasteiger charge is 2.29. The number of hydrogen-bond acceptors (Lipinski definition) is 6. The Morgan fingerprint density at radius 3 is 2.83 bits per heavy atom. The predicted molar refractivity (Wildman–Crippen MR) is 138 cm³/mol. The number of rotatable bonds is 8. The maximum Gasteiger partial charge on any atom is 0.243 e. The molecule has 0 unspecified atom stereocenters. The van der Waals surface area contributed by atoms with Gasteiger partial charge in [-0.2, -0.15) is 4.31 Å². The molecular formula is C26H33N3O4S2. The molecule has 1 aromatic heterocycles. The average Bonchev–Trinajstić information content (AvgIpc) is 3.51. The van der Waals surface area contributed by atoms with Crippen molar-refractivity contribution in [2.75, 3.05) is 26.8 Å². The highest BCUT2D eigenvalue weighted by Crippen LogP contribution is 2.32. The lowest BCUT2D eigenvalue weighted by atomic mass is 10.0. The van der Waals surface area contributed by atoms with Gasteiger partial charge >= 0.3 is 0 Å². The number of ether oxygens (including phenoxy) is 2. The van der Waals surface area contributed by atoms with Crippen LogP contribution >= 0.6 is 11.8 Å². The number of imidazole rings is 1. The van der Waals surface area contributed by atoms with Gasteiger partial charge in [-0.1, -0.05) is 30.8 Å². The predicted octanol–water partition coefficient (Wildman–Crippen LogP) is 4.94. The first kappa shape index (κ1) is 24.6. The second-order valence-electron chi connectivity index (χ2n) is 9.54. The maximum atomic E-state index is 13.4. The van der Waals surface area contributed by atoms with Crippen molar-refractivity contribution in [1.82, 2.24) is 13.9 Å². The van der Waals surface area contributed by atoms with Crippen LogP contribution in [0.25, 0.3) is 11.0 Å². The summed E-state index contributed by atoms with van der Waals surface area (Å²) in [5.41, 5.74) is 2.80. The lowest BCUT2D eigenvalue weighted by molar-refractivity contribution is 0.0960. The summed E-state index contributed by atoms with van der Waals surface area (Å²) < 4.78 is 41.8. The summed E-state index contributed by atoms with van der Waals surface area (Å²) in [6.07, 6.45) is 4.23. The Morgan fingerprint density at radius 2 is 2.06 bits per heavy atom. The second kappa shape index (κ2) is 10.5. The van der Waals surface area contributed by atoms with E-state index in [1.807, 2.05) is 24.3 Å². The van der Waals surface area contributed by atoms with E-state index in [1.54, 1.807) is 35.3 Å². The Labute approximate surface area is 211 Å². The smallest absolute Gasteiger partial charge is 0.243 e. The number of piperidine rings is 1. The monoisotopic (exact) mass is 515 g/mol. The topological polar surface area (TPSA) is 73.7 Å². The van der Waals surface area contributed by atoms with E-state index in [1.165, 1.54) is 0 Å². The first-order valence-corrected chi connectivity index (χ1v) is 14.7. The minimum Gasteiger partial charge on any atom is -0.497 e. The average molecular weight is 516 g/mol. The van der Waals surface area contributed by atoms with Gasteiger partial charge in [0.2, 0.25) is 10.0 Å². The third-order valence-corrected chi connectivity index (χ3v) is 9.76. The van der Waals surface area contributed by atoms with Crippen LogP contribution in [-0.2, 0) is 27.1 Å². The number of nitrogens with zero attached hydrogens (tertiary/aromatic N) is 3. The van der Waals surface area contributed by atoms with Crippen molar-refractivity contribution in [3.63, 3.8) is 0 Å². The van der Waals surface area contributed by atoms with Crippen LogP contribution in [0.3, 0.4) is 0 Å². The van der Waals surface area contributed by atoms with Crippen molar-refractivity contribution in [3.8, 4) is 5.75 Å². The van der Waals surface area contributed by atoms with Crippen LogP contribution in [0.15, 0.2) is 52.5 Å². The molecule has 5 rings (SSSR count). The van der Waals surface area contributed by atoms with Gasteiger partial charge in [0.1, 0.15) is 5.75 Å². The summed E-state index contributed by atoms with van der Waals surface area (Å²) >= 11 is 1.65. The third-order valence-electron chi connectivity index (χ3n) is 6.85. The lowest BCUT2D eigenvalue weighted by Gasteiger charge is -2.30. The summed E-state index contributed by atoms with van der Waals surface area (Å²) in [6, 6.07) is 13.4. The summed E-state index contributed by atoms with van der Waals surface area (Å²) in [7, 11) is -1.87. The first-order chi connectivity index (χ1) is 16.9. The first-order valence-electron chi connectivity index (χ1n) is 12.3. The van der Waals surface area contributed by atoms with Gasteiger partial charge in [0, 0.05) is 25.4 Å². The molecule has 3 aromatic rings. The van der Waals surface area contributed by atoms with Crippen LogP contribution in [-0.4, -0.2) is 55.2 Å². The van der Waals surface area contributed by atoms with Gasteiger partial charge in [-0.15, -0.1) is 0 Å². The Bertz CT molecular complexity index is 1280. The fraction of sp³-hybridized carbons (Fsp3) is 0.500. The fourth-order valence-electron chi connectivity index (χ4n) is 4.95. The van der Waals surface area contributed by atoms with Crippen LogP contribution in [0.1, 0.15) is 38.2 Å². The SMILES string of the molecule is COc1cccc(CSc2nc3cc(S(=O)(=O)N4CCC[C@@H](C)C4)ccc3n2C[C@@H]2CCCO2)c1. The second-order valence-corrected chi connectivity index (χ2v) is 12.4. The van der Waals surface area contributed by atoms with Gasteiger partial charge in [0.25, 0.3) is 0 Å². The number of aromatic nitrogens is 2. The van der Waals surface area contributed by atoms with Crippen molar-refractivity contribution in [2.24, 2.45) is 5.92 Å². The minimum atomic E-state index is -3.54. The molecule has 0 amide bonds. The fourth-order valence-corrected chi connectivity index (χ4v) is 7.54. The number of fused-ring (bicyclic) bond motifs is 1. The molecule has 0 spiro atoms. The van der Waals surface area contributed by atoms with E-state index in [-0.39, 0.29) is 6.10 Å². The van der Waals surface area contributed by atoms with E-state index in [0.29, 0.717) is 36.0 Å². The molecule has 0 aliphatic carbocycles. The molecule has 9 heteroatoms. The van der Waals surface area contributed by atoms with Crippen LogP contribution in [0.2, 0.25) is 0 Å². The molecule has 0 N–H and O–H groups in total. The zero-order valence-electron chi connectivity index (χ0n) is 20.4. The normalized spacial score (nSPS) is 21.5. The van der Waals surface area contributed by atoms with Gasteiger partial charge in [0.05, 0.1) is 35.7 Å².